The minimum atomic E-state index is -0.0560. The molecule has 0 unspecified atom stereocenters. The summed E-state index contributed by atoms with van der Waals surface area (Å²) < 4.78 is 2.75. The van der Waals surface area contributed by atoms with E-state index < -0.39 is 0 Å². The number of carbonyl (C=O) groups excluding carboxylic acids is 1. The van der Waals surface area contributed by atoms with E-state index in [9.17, 15) is 4.79 Å². The molecule has 3 heterocycles. The van der Waals surface area contributed by atoms with Crippen LogP contribution in [0.3, 0.4) is 0 Å². The molecule has 0 saturated heterocycles. The van der Waals surface area contributed by atoms with Gasteiger partial charge in [0.2, 0.25) is 5.91 Å². The van der Waals surface area contributed by atoms with Crippen LogP contribution in [-0.4, -0.2) is 27.1 Å². The molecule has 0 radical (unpaired) electrons. The third-order valence-electron chi connectivity index (χ3n) is 6.17. The molecule has 0 N–H and O–H groups in total. The van der Waals surface area contributed by atoms with E-state index in [1.807, 2.05) is 27.8 Å². The highest BCUT2D eigenvalue weighted by Gasteiger charge is 2.32. The molecule has 1 atom stereocenters. The van der Waals surface area contributed by atoms with Crippen LogP contribution >= 0.6 is 22.9 Å². The minimum Gasteiger partial charge on any atom is -0.333 e. The standard InChI is InChI=1S/C27H24ClN3OS/c1-3-27(32)30-15-24(22-13-26(28)33-25(22)17-30)21-12-8-7-11-20(21)23-16-31(29-18(23)2)14-19-9-5-4-6-10-19/h3-13,16,24H,1,14-15,17H2,2H3/t24-/m1/s1. The Balaban J connectivity index is 1.56. The van der Waals surface area contributed by atoms with Crippen LogP contribution < -0.4 is 0 Å². The van der Waals surface area contributed by atoms with Crippen LogP contribution in [0.15, 0.2) is 79.5 Å². The number of rotatable bonds is 5. The Morgan fingerprint density at radius 3 is 2.70 bits per heavy atom. The van der Waals surface area contributed by atoms with Gasteiger partial charge in [-0.1, -0.05) is 72.8 Å². The van der Waals surface area contributed by atoms with Crippen molar-refractivity contribution in [3.63, 3.8) is 0 Å². The molecular weight excluding hydrogens is 450 g/mol. The van der Waals surface area contributed by atoms with Crippen molar-refractivity contribution in [1.82, 2.24) is 14.7 Å². The van der Waals surface area contributed by atoms with Gasteiger partial charge in [0.25, 0.3) is 0 Å². The Hall–Kier alpha value is -3.15. The Bertz CT molecular complexity index is 1320. The lowest BCUT2D eigenvalue weighted by Gasteiger charge is -2.33. The van der Waals surface area contributed by atoms with Crippen LogP contribution in [0.5, 0.6) is 0 Å². The van der Waals surface area contributed by atoms with Gasteiger partial charge < -0.3 is 4.90 Å². The second kappa shape index (κ2) is 9.00. The van der Waals surface area contributed by atoms with E-state index >= 15 is 0 Å². The number of aromatic nitrogens is 2. The summed E-state index contributed by atoms with van der Waals surface area (Å²) >= 11 is 7.96. The van der Waals surface area contributed by atoms with Crippen LogP contribution in [0.4, 0.5) is 0 Å². The summed E-state index contributed by atoms with van der Waals surface area (Å²) in [7, 11) is 0. The lowest BCUT2D eigenvalue weighted by molar-refractivity contribution is -0.127. The van der Waals surface area contributed by atoms with Crippen LogP contribution in [0, 0.1) is 6.92 Å². The highest BCUT2D eigenvalue weighted by atomic mass is 35.5. The molecular formula is C27H24ClN3OS. The molecule has 0 aliphatic carbocycles. The average molecular weight is 474 g/mol. The van der Waals surface area contributed by atoms with Crippen LogP contribution in [-0.2, 0) is 17.9 Å². The molecule has 0 spiro atoms. The molecule has 6 heteroatoms. The molecule has 166 valence electrons. The molecule has 5 rings (SSSR count). The van der Waals surface area contributed by atoms with Gasteiger partial charge in [0.05, 0.1) is 23.1 Å². The predicted molar refractivity (Wildman–Crippen MR) is 135 cm³/mol. The number of halogens is 1. The van der Waals surface area contributed by atoms with Crippen LogP contribution in [0.1, 0.15) is 33.2 Å². The summed E-state index contributed by atoms with van der Waals surface area (Å²) in [4.78, 5) is 15.5. The van der Waals surface area contributed by atoms with Gasteiger partial charge in [-0.15, -0.1) is 11.3 Å². The van der Waals surface area contributed by atoms with Gasteiger partial charge in [0, 0.05) is 29.1 Å². The van der Waals surface area contributed by atoms with Crippen LogP contribution in [0.2, 0.25) is 4.34 Å². The lowest BCUT2D eigenvalue weighted by atomic mass is 9.84. The number of fused-ring (bicyclic) bond motifs is 1. The molecule has 0 fully saturated rings. The fraction of sp³-hybridized carbons (Fsp3) is 0.185. The molecule has 1 aliphatic heterocycles. The number of hydrogen-bond donors (Lipinski definition) is 0. The number of thiophene rings is 1. The second-order valence-corrected chi connectivity index (χ2v) is 10.1. The van der Waals surface area contributed by atoms with Gasteiger partial charge in [0.1, 0.15) is 0 Å². The summed E-state index contributed by atoms with van der Waals surface area (Å²) in [6.07, 6.45) is 3.51. The van der Waals surface area contributed by atoms with E-state index in [-0.39, 0.29) is 11.8 Å². The molecule has 0 saturated carbocycles. The van der Waals surface area contributed by atoms with Crippen molar-refractivity contribution >= 4 is 28.8 Å². The van der Waals surface area contributed by atoms with Crippen molar-refractivity contribution in [3.05, 3.63) is 111 Å². The second-order valence-electron chi connectivity index (χ2n) is 8.30. The Kier molecular flexibility index (Phi) is 5.92. The molecule has 2 aromatic carbocycles. The first kappa shape index (κ1) is 21.7. The molecule has 1 amide bonds. The summed E-state index contributed by atoms with van der Waals surface area (Å²) in [6, 6.07) is 20.8. The van der Waals surface area contributed by atoms with E-state index in [4.69, 9.17) is 16.7 Å². The summed E-state index contributed by atoms with van der Waals surface area (Å²) in [5.74, 6) is -0.0195. The van der Waals surface area contributed by atoms with Gasteiger partial charge in [-0.05, 0) is 41.3 Å². The van der Waals surface area contributed by atoms with Crippen molar-refractivity contribution in [1.29, 1.82) is 0 Å². The topological polar surface area (TPSA) is 38.1 Å². The molecule has 4 aromatic rings. The maximum atomic E-state index is 12.5. The van der Waals surface area contributed by atoms with E-state index in [1.165, 1.54) is 22.8 Å². The number of amides is 1. The number of carbonyl (C=O) groups is 1. The van der Waals surface area contributed by atoms with Crippen molar-refractivity contribution in [2.24, 2.45) is 0 Å². The van der Waals surface area contributed by atoms with Gasteiger partial charge in [-0.3, -0.25) is 9.48 Å². The first-order valence-electron chi connectivity index (χ1n) is 10.9. The van der Waals surface area contributed by atoms with E-state index in [2.05, 4.69) is 62.2 Å². The van der Waals surface area contributed by atoms with Gasteiger partial charge in [0.15, 0.2) is 0 Å². The van der Waals surface area contributed by atoms with E-state index in [0.29, 0.717) is 13.1 Å². The van der Waals surface area contributed by atoms with Crippen LogP contribution in [0.25, 0.3) is 11.1 Å². The minimum absolute atomic E-state index is 0.0365. The molecule has 0 bridgehead atoms. The van der Waals surface area contributed by atoms with E-state index in [1.54, 1.807) is 11.3 Å². The first-order chi connectivity index (χ1) is 16.0. The first-order valence-corrected chi connectivity index (χ1v) is 12.1. The maximum Gasteiger partial charge on any atom is 0.246 e. The largest absolute Gasteiger partial charge is 0.333 e. The smallest absolute Gasteiger partial charge is 0.246 e. The van der Waals surface area contributed by atoms with Gasteiger partial charge in [-0.2, -0.15) is 5.10 Å². The molecule has 4 nitrogen and oxygen atoms in total. The predicted octanol–water partition coefficient (Wildman–Crippen LogP) is 6.28. The zero-order valence-electron chi connectivity index (χ0n) is 18.4. The zero-order chi connectivity index (χ0) is 22.9. The lowest BCUT2D eigenvalue weighted by Crippen LogP contribution is -2.37. The zero-order valence-corrected chi connectivity index (χ0v) is 19.9. The molecule has 33 heavy (non-hydrogen) atoms. The Morgan fingerprint density at radius 2 is 1.91 bits per heavy atom. The number of nitrogens with zero attached hydrogens (tertiary/aromatic N) is 3. The molecule has 1 aliphatic rings. The Morgan fingerprint density at radius 1 is 1.15 bits per heavy atom. The number of hydrogen-bond acceptors (Lipinski definition) is 3. The highest BCUT2D eigenvalue weighted by Crippen LogP contribution is 2.43. The van der Waals surface area contributed by atoms with Crippen molar-refractivity contribution < 1.29 is 4.79 Å². The summed E-state index contributed by atoms with van der Waals surface area (Å²) in [5.41, 5.74) is 6.83. The monoisotopic (exact) mass is 473 g/mol. The quantitative estimate of drug-likeness (QED) is 0.320. The third-order valence-corrected chi connectivity index (χ3v) is 7.44. The third kappa shape index (κ3) is 4.26. The number of aryl methyl sites for hydroxylation is 1. The van der Waals surface area contributed by atoms with Crippen molar-refractivity contribution in [2.45, 2.75) is 25.9 Å². The highest BCUT2D eigenvalue weighted by molar-refractivity contribution is 7.16. The fourth-order valence-electron chi connectivity index (χ4n) is 4.63. The summed E-state index contributed by atoms with van der Waals surface area (Å²) in [5, 5.41) is 4.79. The van der Waals surface area contributed by atoms with Crippen molar-refractivity contribution in [3.8, 4) is 11.1 Å². The van der Waals surface area contributed by atoms with E-state index in [0.717, 1.165) is 32.6 Å². The normalized spacial score (nSPS) is 15.3. The van der Waals surface area contributed by atoms with Gasteiger partial charge in [-0.25, -0.2) is 0 Å². The van der Waals surface area contributed by atoms with Crippen molar-refractivity contribution in [2.75, 3.05) is 6.54 Å². The summed E-state index contributed by atoms with van der Waals surface area (Å²) in [6.45, 7) is 7.63. The fourth-order valence-corrected chi connectivity index (χ4v) is 5.98. The average Bonchev–Trinajstić information content (AvgIpc) is 3.39. The maximum absolute atomic E-state index is 12.5. The SMILES string of the molecule is C=CC(=O)N1Cc2sc(Cl)cc2[C@@H](c2ccccc2-c2cn(Cc3ccccc3)nc2C)C1. The molecule has 2 aromatic heterocycles. The Labute approximate surface area is 202 Å². The number of benzene rings is 2. The van der Waals surface area contributed by atoms with Gasteiger partial charge >= 0.3 is 0 Å².